The van der Waals surface area contributed by atoms with Crippen LogP contribution in [-0.4, -0.2) is 119 Å². The molecule has 3 aliphatic heterocycles. The van der Waals surface area contributed by atoms with E-state index in [2.05, 4.69) is 18.0 Å². The van der Waals surface area contributed by atoms with E-state index in [1.54, 1.807) is 46.4 Å². The van der Waals surface area contributed by atoms with E-state index in [9.17, 15) is 19.6 Å². The molecule has 0 saturated carbocycles. The molecule has 5 rings (SSSR count). The second-order valence-corrected chi connectivity index (χ2v) is 15.4. The number of ether oxygens (including phenoxy) is 4. The van der Waals surface area contributed by atoms with Crippen molar-refractivity contribution in [3.8, 4) is 12.1 Å². The third-order valence-electron chi connectivity index (χ3n) is 9.01. The van der Waals surface area contributed by atoms with Crippen LogP contribution in [0.15, 0.2) is 30.3 Å². The van der Waals surface area contributed by atoms with E-state index < -0.39 is 35.5 Å². The molecule has 0 radical (unpaired) electrons. The van der Waals surface area contributed by atoms with Crippen LogP contribution in [0.5, 0.6) is 6.01 Å². The lowest BCUT2D eigenvalue weighted by atomic mass is 10.1. The topological polar surface area (TPSA) is 154 Å². The van der Waals surface area contributed by atoms with E-state index in [-0.39, 0.29) is 57.8 Å². The van der Waals surface area contributed by atoms with Gasteiger partial charge in [0.25, 0.3) is 0 Å². The number of rotatable bonds is 7. The normalized spacial score (nSPS) is 19.7. The third-order valence-corrected chi connectivity index (χ3v) is 9.01. The number of fused-ring (bicyclic) bond motifs is 1. The van der Waals surface area contributed by atoms with E-state index >= 15 is 0 Å². The number of anilines is 2. The van der Waals surface area contributed by atoms with Crippen molar-refractivity contribution in [2.24, 2.45) is 0 Å². The van der Waals surface area contributed by atoms with Gasteiger partial charge in [0.05, 0.1) is 30.8 Å². The molecule has 0 spiro atoms. The number of carbonyl (C=O) groups excluding carboxylic acids is 3. The van der Waals surface area contributed by atoms with Crippen LogP contribution in [0, 0.1) is 11.3 Å². The molecule has 4 heterocycles. The van der Waals surface area contributed by atoms with Crippen molar-refractivity contribution in [2.75, 3.05) is 62.7 Å². The molecule has 2 atom stereocenters. The van der Waals surface area contributed by atoms with E-state index in [1.807, 2.05) is 35.2 Å². The number of hydrogen-bond acceptors (Lipinski definition) is 12. The second-order valence-electron chi connectivity index (χ2n) is 15.4. The Morgan fingerprint density at radius 2 is 1.60 bits per heavy atom. The van der Waals surface area contributed by atoms with Crippen LogP contribution < -0.4 is 14.5 Å². The van der Waals surface area contributed by atoms with Crippen molar-refractivity contribution in [3.63, 3.8) is 0 Å². The summed E-state index contributed by atoms with van der Waals surface area (Å²) in [5.74, 6) is 0.386. The number of aromatic nitrogens is 2. The van der Waals surface area contributed by atoms with Crippen molar-refractivity contribution in [3.05, 3.63) is 41.6 Å². The molecule has 282 valence electrons. The van der Waals surface area contributed by atoms with Gasteiger partial charge in [-0.3, -0.25) is 4.90 Å². The highest BCUT2D eigenvalue weighted by Crippen LogP contribution is 2.37. The summed E-state index contributed by atoms with van der Waals surface area (Å²) in [5.41, 5.74) is 0.0636. The number of nitrogens with zero attached hydrogens (tertiary/aromatic N) is 8. The standard InChI is InChI=1S/C37H52N8O7/c1-36(2,3)51-33(46)43-19-21-45(35(48)52-37(4,5)6)30-29(23-43)39-32(49-25-28-14-11-17-41(28)7)40-31(30)42-18-20-44(27(22-42)15-16-38)34(47)50-24-26-12-9-8-10-13-26/h8-10,12-13,27-28H,11,14-15,17-25H2,1-7H3/t27-,28-/m0/s1. The molecule has 0 aliphatic carbocycles. The van der Waals surface area contributed by atoms with Crippen molar-refractivity contribution in [1.29, 1.82) is 5.26 Å². The Morgan fingerprint density at radius 1 is 0.885 bits per heavy atom. The van der Waals surface area contributed by atoms with Crippen LogP contribution in [0.2, 0.25) is 0 Å². The number of likely N-dealkylation sites (tertiary alicyclic amines) is 1. The van der Waals surface area contributed by atoms with E-state index in [4.69, 9.17) is 28.9 Å². The Hall–Kier alpha value is -4.84. The molecule has 15 nitrogen and oxygen atoms in total. The predicted molar refractivity (Wildman–Crippen MR) is 193 cm³/mol. The lowest BCUT2D eigenvalue weighted by molar-refractivity contribution is 0.0236. The lowest BCUT2D eigenvalue weighted by Crippen LogP contribution is -2.56. The summed E-state index contributed by atoms with van der Waals surface area (Å²) in [5, 5.41) is 9.82. The molecule has 3 amide bonds. The maximum Gasteiger partial charge on any atom is 0.415 e. The fraction of sp³-hybridized carbons (Fsp3) is 0.622. The van der Waals surface area contributed by atoms with Gasteiger partial charge in [-0.05, 0) is 73.5 Å². The maximum absolute atomic E-state index is 13.9. The molecule has 0 N–H and O–H groups in total. The molecule has 52 heavy (non-hydrogen) atoms. The number of likely N-dealkylation sites (N-methyl/N-ethyl adjacent to an activating group) is 1. The Bertz CT molecular complexity index is 1620. The summed E-state index contributed by atoms with van der Waals surface area (Å²) in [6.07, 6.45) is 0.404. The summed E-state index contributed by atoms with van der Waals surface area (Å²) in [6, 6.07) is 11.4. The zero-order valence-corrected chi connectivity index (χ0v) is 31.5. The third kappa shape index (κ3) is 9.93. The van der Waals surface area contributed by atoms with Gasteiger partial charge in [0.2, 0.25) is 0 Å². The molecule has 2 aromatic rings. The molecule has 1 aromatic carbocycles. The molecule has 0 unspecified atom stereocenters. The highest BCUT2D eigenvalue weighted by molar-refractivity contribution is 5.93. The monoisotopic (exact) mass is 720 g/mol. The van der Waals surface area contributed by atoms with Crippen molar-refractivity contribution in [1.82, 2.24) is 24.7 Å². The summed E-state index contributed by atoms with van der Waals surface area (Å²) < 4.78 is 23.5. The minimum Gasteiger partial charge on any atom is -0.462 e. The number of nitriles is 1. The van der Waals surface area contributed by atoms with E-state index in [1.165, 1.54) is 9.80 Å². The predicted octanol–water partition coefficient (Wildman–Crippen LogP) is 5.18. The fourth-order valence-corrected chi connectivity index (χ4v) is 6.44. The first-order chi connectivity index (χ1) is 24.6. The van der Waals surface area contributed by atoms with E-state index in [0.717, 1.165) is 24.9 Å². The Morgan fingerprint density at radius 3 is 2.25 bits per heavy atom. The van der Waals surface area contributed by atoms with Gasteiger partial charge in [0.1, 0.15) is 30.1 Å². The summed E-state index contributed by atoms with van der Waals surface area (Å²) >= 11 is 0. The Balaban J connectivity index is 1.52. The van der Waals surface area contributed by atoms with E-state index in [0.29, 0.717) is 30.4 Å². The molecule has 15 heteroatoms. The van der Waals surface area contributed by atoms with Gasteiger partial charge in [0, 0.05) is 38.8 Å². The number of piperazine rings is 1. The van der Waals surface area contributed by atoms with Crippen molar-refractivity contribution < 1.29 is 33.3 Å². The average Bonchev–Trinajstić information content (AvgIpc) is 3.38. The highest BCUT2D eigenvalue weighted by Gasteiger charge is 2.39. The summed E-state index contributed by atoms with van der Waals surface area (Å²) in [4.78, 5) is 59.2. The molecule has 2 fully saturated rings. The lowest BCUT2D eigenvalue weighted by Gasteiger charge is -2.41. The first-order valence-corrected chi connectivity index (χ1v) is 17.9. The smallest absolute Gasteiger partial charge is 0.415 e. The second kappa shape index (κ2) is 16.2. The zero-order valence-electron chi connectivity index (χ0n) is 31.5. The summed E-state index contributed by atoms with van der Waals surface area (Å²) in [6.45, 7) is 13.2. The molecular formula is C37H52N8O7. The summed E-state index contributed by atoms with van der Waals surface area (Å²) in [7, 11) is 2.06. The van der Waals surface area contributed by atoms with Gasteiger partial charge in [-0.25, -0.2) is 14.4 Å². The minimum atomic E-state index is -0.810. The number of hydrogen-bond donors (Lipinski definition) is 0. The number of benzene rings is 1. The Kier molecular flexibility index (Phi) is 12.0. The van der Waals surface area contributed by atoms with Crippen LogP contribution in [0.25, 0.3) is 0 Å². The largest absolute Gasteiger partial charge is 0.462 e. The molecular weight excluding hydrogens is 668 g/mol. The van der Waals surface area contributed by atoms with Gasteiger partial charge in [0.15, 0.2) is 5.82 Å². The number of carbonyl (C=O) groups is 3. The first-order valence-electron chi connectivity index (χ1n) is 17.9. The van der Waals surface area contributed by atoms with Crippen LogP contribution in [0.4, 0.5) is 25.9 Å². The molecule has 3 aliphatic rings. The maximum atomic E-state index is 13.9. The van der Waals surface area contributed by atoms with Gasteiger partial charge in [-0.1, -0.05) is 30.3 Å². The van der Waals surface area contributed by atoms with Gasteiger partial charge in [-0.2, -0.15) is 15.2 Å². The molecule has 0 bridgehead atoms. The zero-order chi connectivity index (χ0) is 37.6. The van der Waals surface area contributed by atoms with Crippen LogP contribution in [-0.2, 0) is 27.4 Å². The van der Waals surface area contributed by atoms with Crippen molar-refractivity contribution in [2.45, 2.75) is 97.2 Å². The van der Waals surface area contributed by atoms with Crippen LogP contribution in [0.3, 0.4) is 0 Å². The van der Waals surface area contributed by atoms with Gasteiger partial charge in [-0.15, -0.1) is 0 Å². The first kappa shape index (κ1) is 38.4. The van der Waals surface area contributed by atoms with Crippen LogP contribution in [0.1, 0.15) is 72.1 Å². The van der Waals surface area contributed by atoms with Crippen LogP contribution >= 0.6 is 0 Å². The van der Waals surface area contributed by atoms with Gasteiger partial charge < -0.3 is 38.5 Å². The molecule has 2 saturated heterocycles. The van der Waals surface area contributed by atoms with Crippen molar-refractivity contribution >= 4 is 29.8 Å². The quantitative estimate of drug-likeness (QED) is 0.346. The SMILES string of the molecule is CN1CCC[C@H]1COc1nc2c(c(N3CCN(C(=O)OCc4ccccc4)[C@@H](CC#N)C3)n1)N(C(=O)OC(C)(C)C)CCN(C(=O)OC(C)(C)C)C2. The Labute approximate surface area is 306 Å². The average molecular weight is 721 g/mol. The molecule has 1 aromatic heterocycles. The number of amides is 3. The minimum absolute atomic E-state index is 0.0200. The highest BCUT2D eigenvalue weighted by atomic mass is 16.6. The fourth-order valence-electron chi connectivity index (χ4n) is 6.44. The van der Waals surface area contributed by atoms with Gasteiger partial charge >= 0.3 is 24.3 Å².